The van der Waals surface area contributed by atoms with Gasteiger partial charge < -0.3 is 40.4 Å². The molecule has 2 aromatic carbocycles. The van der Waals surface area contributed by atoms with Crippen LogP contribution in [0.4, 0.5) is 23.2 Å². The van der Waals surface area contributed by atoms with Gasteiger partial charge in [0.05, 0.1) is 52.6 Å². The SMILES string of the molecule is Cc1cc(F)ccc1Oc1ncc(C(F)(F)F)cc1C(=O)Nc1cccc([S@@](C)(=O)=NCCCNC(=O)C2CCC(NC(=O)CCCOC3CCC(OCCNC(=O)[C@H]4CC(=O)N(C)[C@@H]4c4cccnc4)CC3)CC2)c1. The zero-order valence-corrected chi connectivity index (χ0v) is 43.7. The Labute approximate surface area is 440 Å². The van der Waals surface area contributed by atoms with E-state index in [4.69, 9.17) is 14.2 Å². The van der Waals surface area contributed by atoms with Gasteiger partial charge >= 0.3 is 6.18 Å². The van der Waals surface area contributed by atoms with Crippen LogP contribution in [-0.2, 0) is 44.6 Å². The van der Waals surface area contributed by atoms with Gasteiger partial charge in [0.25, 0.3) is 5.91 Å². The fourth-order valence-corrected chi connectivity index (χ4v) is 11.0. The van der Waals surface area contributed by atoms with Crippen LogP contribution < -0.4 is 26.0 Å². The number of pyridine rings is 2. The van der Waals surface area contributed by atoms with Gasteiger partial charge in [-0.15, -0.1) is 0 Å². The highest BCUT2D eigenvalue weighted by molar-refractivity contribution is 7.93. The smallest absolute Gasteiger partial charge is 0.417 e. The van der Waals surface area contributed by atoms with Crippen LogP contribution in [0.25, 0.3) is 0 Å². The third-order valence-corrected chi connectivity index (χ3v) is 15.8. The molecule has 4 aromatic rings. The van der Waals surface area contributed by atoms with Gasteiger partial charge in [-0.2, -0.15) is 13.2 Å². The summed E-state index contributed by atoms with van der Waals surface area (Å²) in [7, 11) is -1.29. The fourth-order valence-electron chi connectivity index (χ4n) is 9.73. The Morgan fingerprint density at radius 3 is 2.28 bits per heavy atom. The molecule has 1 aliphatic heterocycles. The molecule has 22 heteroatoms. The summed E-state index contributed by atoms with van der Waals surface area (Å²) in [5, 5.41) is 11.5. The summed E-state index contributed by atoms with van der Waals surface area (Å²) < 4.78 is 90.5. The molecule has 7 rings (SSSR count). The zero-order chi connectivity index (χ0) is 54.4. The number of nitrogens with one attached hydrogen (secondary N) is 4. The Hall–Kier alpha value is -6.52. The lowest BCUT2D eigenvalue weighted by Gasteiger charge is -2.29. The molecule has 410 valence electrons. The van der Waals surface area contributed by atoms with Gasteiger partial charge in [-0.1, -0.05) is 12.1 Å². The second kappa shape index (κ2) is 26.5. The largest absolute Gasteiger partial charge is 0.438 e. The monoisotopic (exact) mass is 1080 g/mol. The molecule has 4 N–H and O–H groups in total. The Bertz CT molecular complexity index is 2800. The van der Waals surface area contributed by atoms with Crippen molar-refractivity contribution < 1.29 is 60.0 Å². The molecule has 2 saturated carbocycles. The van der Waals surface area contributed by atoms with Crippen molar-refractivity contribution in [3.05, 3.63) is 107 Å². The van der Waals surface area contributed by atoms with Crippen molar-refractivity contribution >= 4 is 45.0 Å². The van der Waals surface area contributed by atoms with Crippen molar-refractivity contribution in [1.82, 2.24) is 30.8 Å². The lowest BCUT2D eigenvalue weighted by molar-refractivity contribution is -0.138. The maximum Gasteiger partial charge on any atom is 0.417 e. The number of anilines is 1. The second-order valence-corrected chi connectivity index (χ2v) is 21.9. The number of aromatic nitrogens is 2. The van der Waals surface area contributed by atoms with Gasteiger partial charge in [-0.05, 0) is 131 Å². The quantitative estimate of drug-likeness (QED) is 0.0435. The third-order valence-electron chi connectivity index (χ3n) is 14.0. The van der Waals surface area contributed by atoms with Crippen molar-refractivity contribution in [2.75, 3.05) is 51.5 Å². The van der Waals surface area contributed by atoms with Gasteiger partial charge in [-0.25, -0.2) is 17.9 Å². The summed E-state index contributed by atoms with van der Waals surface area (Å²) in [6.07, 6.45) is 8.14. The summed E-state index contributed by atoms with van der Waals surface area (Å²) in [6, 6.07) is 13.4. The normalized spacial score (nSPS) is 21.5. The van der Waals surface area contributed by atoms with Crippen molar-refractivity contribution in [2.45, 2.75) is 119 Å². The Kier molecular flexibility index (Phi) is 19.9. The van der Waals surface area contributed by atoms with Crippen molar-refractivity contribution in [3.8, 4) is 11.6 Å². The molecule has 3 heterocycles. The van der Waals surface area contributed by atoms with Crippen molar-refractivity contribution in [2.24, 2.45) is 16.2 Å². The van der Waals surface area contributed by atoms with Gasteiger partial charge in [0.15, 0.2) is 0 Å². The fraction of sp³-hybridized carbons (Fsp3) is 0.500. The van der Waals surface area contributed by atoms with E-state index in [0.29, 0.717) is 89.1 Å². The summed E-state index contributed by atoms with van der Waals surface area (Å²) in [6.45, 7) is 3.18. The first-order valence-electron chi connectivity index (χ1n) is 25.7. The third kappa shape index (κ3) is 16.0. The number of hydrogen-bond acceptors (Lipinski definition) is 12. The number of benzene rings is 2. The molecule has 2 aliphatic carbocycles. The molecule has 5 amide bonds. The molecule has 0 spiro atoms. The van der Waals surface area contributed by atoms with Crippen LogP contribution in [0.15, 0.2) is 88.5 Å². The summed E-state index contributed by atoms with van der Waals surface area (Å²) >= 11 is 0. The average Bonchev–Trinajstić information content (AvgIpc) is 3.71. The van der Waals surface area contributed by atoms with Gasteiger partial charge in [-0.3, -0.25) is 29.0 Å². The van der Waals surface area contributed by atoms with Crippen LogP contribution in [0, 0.1) is 24.6 Å². The van der Waals surface area contributed by atoms with Crippen LogP contribution >= 0.6 is 0 Å². The molecular weight excluding hydrogens is 1010 g/mol. The van der Waals surface area contributed by atoms with E-state index < -0.39 is 50.6 Å². The van der Waals surface area contributed by atoms with E-state index in [1.807, 2.05) is 6.07 Å². The first-order chi connectivity index (χ1) is 36.3. The highest BCUT2D eigenvalue weighted by atomic mass is 32.2. The number of carbonyl (C=O) groups excluding carboxylic acids is 5. The molecule has 0 radical (unpaired) electrons. The maximum absolute atomic E-state index is 13.7. The van der Waals surface area contributed by atoms with E-state index in [-0.39, 0.29) is 83.1 Å². The molecular formula is C54H66F4N8O9S. The zero-order valence-electron chi connectivity index (χ0n) is 42.9. The molecule has 3 aliphatic rings. The molecule has 1 saturated heterocycles. The summed E-state index contributed by atoms with van der Waals surface area (Å²) in [5.74, 6) is -2.96. The molecule has 76 heavy (non-hydrogen) atoms. The Morgan fingerprint density at radius 1 is 0.855 bits per heavy atom. The predicted molar refractivity (Wildman–Crippen MR) is 274 cm³/mol. The standard InChI is InChI=1S/C54H66F4N8O9S/c1-34-28-38(55)14-21-46(34)75-53-45(29-37(33-62-53)54(56,57)58)52(71)65-40-9-4-10-43(30-40)76(3,72)63-24-7-23-60-50(69)35-12-15-39(16-13-35)64-47(67)11-6-26-73-41-17-19-42(20-18-41)74-27-25-61-51(70)44-31-48(68)66(2)49(44)36-8-5-22-59-32-36/h4-5,8-10,14,21-22,28-30,32-33,35,39,41-42,44,49H,6-7,11-13,15-20,23-27,31H2,1-3H3,(H,60,69)(H,61,70)(H,64,67)(H,65,71)/t35?,39?,41?,42?,44-,49+,76+/m0/s1. The maximum atomic E-state index is 13.7. The number of alkyl halides is 3. The van der Waals surface area contributed by atoms with Crippen LogP contribution in [0.5, 0.6) is 11.6 Å². The number of rotatable bonds is 22. The first kappa shape index (κ1) is 57.2. The number of hydrogen-bond donors (Lipinski definition) is 4. The van der Waals surface area contributed by atoms with E-state index >= 15 is 0 Å². The lowest BCUT2D eigenvalue weighted by atomic mass is 9.85. The highest BCUT2D eigenvalue weighted by Gasteiger charge is 2.43. The van der Waals surface area contributed by atoms with Crippen molar-refractivity contribution in [1.29, 1.82) is 0 Å². The minimum Gasteiger partial charge on any atom is -0.438 e. The predicted octanol–water partition coefficient (Wildman–Crippen LogP) is 8.09. The summed E-state index contributed by atoms with van der Waals surface area (Å²) in [4.78, 5) is 74.5. The van der Waals surface area contributed by atoms with E-state index in [2.05, 4.69) is 35.6 Å². The Balaban J connectivity index is 0.740. The van der Waals surface area contributed by atoms with E-state index in [0.717, 1.165) is 43.4 Å². The van der Waals surface area contributed by atoms with E-state index in [9.17, 15) is 45.7 Å². The first-order valence-corrected chi connectivity index (χ1v) is 27.6. The van der Waals surface area contributed by atoms with Gasteiger partial charge in [0, 0.05) is 87.0 Å². The molecule has 17 nitrogen and oxygen atoms in total. The van der Waals surface area contributed by atoms with Crippen LogP contribution in [0.3, 0.4) is 0 Å². The molecule has 0 bridgehead atoms. The second-order valence-electron chi connectivity index (χ2n) is 19.6. The van der Waals surface area contributed by atoms with Gasteiger partial charge in [0.2, 0.25) is 29.5 Å². The lowest BCUT2D eigenvalue weighted by Crippen LogP contribution is -2.41. The van der Waals surface area contributed by atoms with Crippen LogP contribution in [0.1, 0.15) is 110 Å². The van der Waals surface area contributed by atoms with Gasteiger partial charge in [0.1, 0.15) is 17.1 Å². The topological polar surface area (TPSA) is 220 Å². The molecule has 2 aromatic heterocycles. The minimum absolute atomic E-state index is 0.0111. The van der Waals surface area contributed by atoms with E-state index in [1.54, 1.807) is 36.5 Å². The minimum atomic E-state index is -4.82. The van der Waals surface area contributed by atoms with Crippen LogP contribution in [-0.4, -0.2) is 113 Å². The van der Waals surface area contributed by atoms with E-state index in [1.165, 1.54) is 37.4 Å². The Morgan fingerprint density at radius 2 is 1.58 bits per heavy atom. The number of carbonyl (C=O) groups is 5. The molecule has 3 fully saturated rings. The number of likely N-dealkylation sites (tertiary alicyclic amines) is 1. The molecule has 0 unspecified atom stereocenters. The molecule has 3 atom stereocenters. The highest BCUT2D eigenvalue weighted by Crippen LogP contribution is 2.37. The number of halogens is 4. The number of amides is 5. The number of aryl methyl sites for hydroxylation is 1. The van der Waals surface area contributed by atoms with Crippen LogP contribution in [0.2, 0.25) is 0 Å². The summed E-state index contributed by atoms with van der Waals surface area (Å²) in [5.41, 5.74) is -0.442. The number of nitrogens with zero attached hydrogens (tertiary/aromatic N) is 4. The van der Waals surface area contributed by atoms with Crippen molar-refractivity contribution in [3.63, 3.8) is 0 Å². The number of ether oxygens (including phenoxy) is 3. The average molecular weight is 1080 g/mol.